The van der Waals surface area contributed by atoms with Crippen molar-refractivity contribution in [3.8, 4) is 0 Å². The molecule has 2 aromatic heterocycles. The van der Waals surface area contributed by atoms with Crippen LogP contribution in [-0.4, -0.2) is 32.6 Å². The third kappa shape index (κ3) is 2.03. The van der Waals surface area contributed by atoms with Gasteiger partial charge in [0.1, 0.15) is 5.65 Å². The molecule has 1 amide bonds. The smallest absolute Gasteiger partial charge is 0.407 e. The number of hydrogen-bond acceptors (Lipinski definition) is 2. The van der Waals surface area contributed by atoms with Crippen molar-refractivity contribution in [2.24, 2.45) is 0 Å². The Bertz CT molecular complexity index is 682. The Kier molecular flexibility index (Phi) is 2.74. The van der Waals surface area contributed by atoms with Crippen LogP contribution in [0.4, 0.5) is 4.79 Å². The molecule has 5 heteroatoms. The molecular weight excluding hydrogens is 254 g/mol. The van der Waals surface area contributed by atoms with Gasteiger partial charge in [-0.15, -0.1) is 0 Å². The first kappa shape index (κ1) is 13.0. The summed E-state index contributed by atoms with van der Waals surface area (Å²) >= 11 is 0. The fourth-order valence-corrected chi connectivity index (χ4v) is 2.70. The Balaban J connectivity index is 2.06. The molecule has 2 aromatic rings. The lowest BCUT2D eigenvalue weighted by Crippen LogP contribution is -2.34. The van der Waals surface area contributed by atoms with Gasteiger partial charge in [-0.25, -0.2) is 9.78 Å². The summed E-state index contributed by atoms with van der Waals surface area (Å²) < 4.78 is 0. The van der Waals surface area contributed by atoms with Crippen molar-refractivity contribution < 1.29 is 9.90 Å². The minimum Gasteiger partial charge on any atom is -0.465 e. The molecule has 2 N–H and O–H groups in total. The number of aromatic nitrogens is 2. The van der Waals surface area contributed by atoms with E-state index >= 15 is 0 Å². The fourth-order valence-electron chi connectivity index (χ4n) is 2.70. The van der Waals surface area contributed by atoms with Crippen LogP contribution in [0.1, 0.15) is 37.7 Å². The number of nitrogens with one attached hydrogen (secondary N) is 1. The lowest BCUT2D eigenvalue weighted by atomic mass is 9.91. The molecule has 3 rings (SSSR count). The second kappa shape index (κ2) is 4.23. The number of nitrogens with zero attached hydrogens (tertiary/aromatic N) is 2. The molecule has 106 valence electrons. The molecule has 0 bridgehead atoms. The molecule has 5 nitrogen and oxygen atoms in total. The average molecular weight is 273 g/mol. The summed E-state index contributed by atoms with van der Waals surface area (Å²) in [6.45, 7) is 7.38. The highest BCUT2D eigenvalue weighted by Gasteiger charge is 2.24. The summed E-state index contributed by atoms with van der Waals surface area (Å²) in [7, 11) is 0. The summed E-state index contributed by atoms with van der Waals surface area (Å²) in [6, 6.07) is 4.18. The molecule has 0 fully saturated rings. The molecule has 3 heterocycles. The molecule has 0 aromatic carbocycles. The first-order chi connectivity index (χ1) is 9.36. The van der Waals surface area contributed by atoms with Crippen LogP contribution in [-0.2, 0) is 18.4 Å². The van der Waals surface area contributed by atoms with Crippen molar-refractivity contribution in [2.75, 3.05) is 6.54 Å². The first-order valence-corrected chi connectivity index (χ1v) is 6.85. The number of pyridine rings is 1. The monoisotopic (exact) mass is 273 g/mol. The first-order valence-electron chi connectivity index (χ1n) is 6.85. The van der Waals surface area contributed by atoms with Gasteiger partial charge < -0.3 is 15.0 Å². The van der Waals surface area contributed by atoms with Gasteiger partial charge in [0, 0.05) is 28.7 Å². The van der Waals surface area contributed by atoms with Gasteiger partial charge in [0.2, 0.25) is 0 Å². The summed E-state index contributed by atoms with van der Waals surface area (Å²) in [5.41, 5.74) is 4.11. The molecule has 0 aliphatic carbocycles. The number of H-pyrrole nitrogens is 1. The zero-order valence-electron chi connectivity index (χ0n) is 12.0. The molecule has 0 spiro atoms. The molecule has 0 unspecified atom stereocenters. The highest BCUT2D eigenvalue weighted by Crippen LogP contribution is 2.29. The van der Waals surface area contributed by atoms with Crippen LogP contribution >= 0.6 is 0 Å². The van der Waals surface area contributed by atoms with E-state index in [1.54, 1.807) is 0 Å². The molecule has 0 radical (unpaired) electrons. The van der Waals surface area contributed by atoms with Crippen LogP contribution in [0.25, 0.3) is 11.0 Å². The van der Waals surface area contributed by atoms with E-state index in [0.29, 0.717) is 13.1 Å². The zero-order chi connectivity index (χ0) is 14.5. The minimum atomic E-state index is -0.863. The second-order valence-electron chi connectivity index (χ2n) is 6.38. The van der Waals surface area contributed by atoms with E-state index in [2.05, 4.69) is 37.9 Å². The Hall–Kier alpha value is -2.04. The summed E-state index contributed by atoms with van der Waals surface area (Å²) in [5, 5.41) is 10.2. The molecule has 20 heavy (non-hydrogen) atoms. The maximum Gasteiger partial charge on any atom is 0.407 e. The van der Waals surface area contributed by atoms with Gasteiger partial charge in [-0.1, -0.05) is 20.8 Å². The van der Waals surface area contributed by atoms with Gasteiger partial charge in [0.15, 0.2) is 0 Å². The summed E-state index contributed by atoms with van der Waals surface area (Å²) in [6.07, 6.45) is -0.115. The number of hydrogen-bond donors (Lipinski definition) is 2. The van der Waals surface area contributed by atoms with Crippen LogP contribution in [0.5, 0.6) is 0 Å². The van der Waals surface area contributed by atoms with Crippen LogP contribution in [0.3, 0.4) is 0 Å². The van der Waals surface area contributed by atoms with Gasteiger partial charge in [0.25, 0.3) is 0 Å². The normalized spacial score (nSPS) is 15.4. The van der Waals surface area contributed by atoms with Gasteiger partial charge in [-0.3, -0.25) is 0 Å². The topological polar surface area (TPSA) is 69.2 Å². The Morgan fingerprint density at radius 1 is 1.40 bits per heavy atom. The SMILES string of the molecule is CC(C)(C)c1ccc2c3c([nH]c2n1)CN(C(=O)O)CC3. The number of rotatable bonds is 0. The maximum atomic E-state index is 11.1. The van der Waals surface area contributed by atoms with Crippen molar-refractivity contribution in [1.82, 2.24) is 14.9 Å². The summed E-state index contributed by atoms with van der Waals surface area (Å²) in [5.74, 6) is 0. The molecule has 1 aliphatic heterocycles. The van der Waals surface area contributed by atoms with E-state index in [1.165, 1.54) is 10.5 Å². The fraction of sp³-hybridized carbons (Fsp3) is 0.467. The Morgan fingerprint density at radius 2 is 2.15 bits per heavy atom. The number of carbonyl (C=O) groups is 1. The number of aromatic amines is 1. The highest BCUT2D eigenvalue weighted by molar-refractivity contribution is 5.82. The van der Waals surface area contributed by atoms with Crippen molar-refractivity contribution in [2.45, 2.75) is 39.2 Å². The van der Waals surface area contributed by atoms with E-state index in [1.807, 2.05) is 0 Å². The standard InChI is InChI=1S/C15H19N3O2/c1-15(2,3)12-5-4-10-9-6-7-18(14(19)20)8-11(9)16-13(10)17-12/h4-5H,6-8H2,1-3H3,(H,16,17)(H,19,20). The predicted octanol–water partition coefficient (Wildman–Crippen LogP) is 2.90. The lowest BCUT2D eigenvalue weighted by Gasteiger charge is -2.23. The van der Waals surface area contributed by atoms with Gasteiger partial charge >= 0.3 is 6.09 Å². The van der Waals surface area contributed by atoms with Gasteiger partial charge in [0.05, 0.1) is 6.54 Å². The van der Waals surface area contributed by atoms with Crippen LogP contribution in [0, 0.1) is 0 Å². The second-order valence-corrected chi connectivity index (χ2v) is 6.38. The van der Waals surface area contributed by atoms with E-state index in [4.69, 9.17) is 10.1 Å². The summed E-state index contributed by atoms with van der Waals surface area (Å²) in [4.78, 5) is 20.5. The average Bonchev–Trinajstić information content (AvgIpc) is 2.73. The maximum absolute atomic E-state index is 11.1. The van der Waals surface area contributed by atoms with Gasteiger partial charge in [-0.05, 0) is 24.1 Å². The third-order valence-corrected chi connectivity index (χ3v) is 3.87. The van der Waals surface area contributed by atoms with Crippen LogP contribution in [0.15, 0.2) is 12.1 Å². The van der Waals surface area contributed by atoms with Crippen LogP contribution < -0.4 is 0 Å². The van der Waals surface area contributed by atoms with Gasteiger partial charge in [-0.2, -0.15) is 0 Å². The van der Waals surface area contributed by atoms with Crippen LogP contribution in [0.2, 0.25) is 0 Å². The molecule has 1 aliphatic rings. The molecule has 0 saturated heterocycles. The van der Waals surface area contributed by atoms with E-state index in [0.717, 1.165) is 28.8 Å². The molecule has 0 saturated carbocycles. The largest absolute Gasteiger partial charge is 0.465 e. The van der Waals surface area contributed by atoms with E-state index in [9.17, 15) is 4.79 Å². The third-order valence-electron chi connectivity index (χ3n) is 3.87. The zero-order valence-corrected chi connectivity index (χ0v) is 12.0. The Labute approximate surface area is 117 Å². The minimum absolute atomic E-state index is 0.00685. The van der Waals surface area contributed by atoms with E-state index < -0.39 is 6.09 Å². The van der Waals surface area contributed by atoms with E-state index in [-0.39, 0.29) is 5.41 Å². The number of fused-ring (bicyclic) bond motifs is 3. The Morgan fingerprint density at radius 3 is 2.80 bits per heavy atom. The molecule has 0 atom stereocenters. The van der Waals surface area contributed by atoms with Crippen molar-refractivity contribution in [1.29, 1.82) is 0 Å². The number of amides is 1. The predicted molar refractivity (Wildman–Crippen MR) is 76.9 cm³/mol. The van der Waals surface area contributed by atoms with Crippen molar-refractivity contribution in [3.05, 3.63) is 29.1 Å². The quantitative estimate of drug-likeness (QED) is 0.775. The lowest BCUT2D eigenvalue weighted by molar-refractivity contribution is 0.139. The number of carboxylic acid groups (broad SMARTS) is 1. The van der Waals surface area contributed by atoms with Crippen molar-refractivity contribution >= 4 is 17.1 Å². The highest BCUT2D eigenvalue weighted by atomic mass is 16.4. The van der Waals surface area contributed by atoms with Crippen molar-refractivity contribution in [3.63, 3.8) is 0 Å². The molecular formula is C15H19N3O2.